The molecule has 2 N–H and O–H groups in total. The molecular formula is C29H31N5O4. The van der Waals surface area contributed by atoms with Crippen molar-refractivity contribution in [2.75, 3.05) is 39.2 Å². The van der Waals surface area contributed by atoms with Crippen LogP contribution in [0.15, 0.2) is 66.7 Å². The quantitative estimate of drug-likeness (QED) is 0.318. The summed E-state index contributed by atoms with van der Waals surface area (Å²) in [6, 6.07) is 20.6. The molecule has 1 aromatic heterocycles. The molecule has 3 aromatic carbocycles. The van der Waals surface area contributed by atoms with Gasteiger partial charge in [-0.15, -0.1) is 10.2 Å². The third-order valence-corrected chi connectivity index (χ3v) is 6.23. The number of carbonyl (C=O) groups excluding carboxylic acids is 2. The van der Waals surface area contributed by atoms with Gasteiger partial charge in [-0.05, 0) is 56.3 Å². The number of carbonyl (C=O) groups is 2. The van der Waals surface area contributed by atoms with E-state index < -0.39 is 0 Å². The summed E-state index contributed by atoms with van der Waals surface area (Å²) in [6.45, 7) is 5.20. The van der Waals surface area contributed by atoms with Gasteiger partial charge in [-0.3, -0.25) is 9.59 Å². The van der Waals surface area contributed by atoms with Gasteiger partial charge in [-0.1, -0.05) is 24.3 Å². The summed E-state index contributed by atoms with van der Waals surface area (Å²) in [7, 11) is 3.10. The standard InChI is InChI=1S/C29H31N5O4/c1-5-34(6-2)26(35)18-38-21-14-11-19(12-15-21)27-22-9-7-8-10-23(22)28(33-32-27)31-20-13-16-25(37-4)24(17-20)29(36)30-3/h7-17H,5-6,18H2,1-4H3,(H,30,36)(H,31,33). The molecule has 0 radical (unpaired) electrons. The van der Waals surface area contributed by atoms with E-state index in [0.29, 0.717) is 41.7 Å². The van der Waals surface area contributed by atoms with Crippen molar-refractivity contribution >= 4 is 34.1 Å². The lowest BCUT2D eigenvalue weighted by Gasteiger charge is -2.18. The van der Waals surface area contributed by atoms with E-state index in [2.05, 4.69) is 20.8 Å². The van der Waals surface area contributed by atoms with Crippen LogP contribution in [0.25, 0.3) is 22.0 Å². The molecule has 9 nitrogen and oxygen atoms in total. The average Bonchev–Trinajstić information content (AvgIpc) is 2.96. The van der Waals surface area contributed by atoms with Crippen LogP contribution in [0.5, 0.6) is 11.5 Å². The fraction of sp³-hybridized carbons (Fsp3) is 0.241. The lowest BCUT2D eigenvalue weighted by molar-refractivity contribution is -0.132. The van der Waals surface area contributed by atoms with Crippen LogP contribution in [0.1, 0.15) is 24.2 Å². The van der Waals surface area contributed by atoms with Gasteiger partial charge in [-0.2, -0.15) is 0 Å². The number of nitrogens with one attached hydrogen (secondary N) is 2. The summed E-state index contributed by atoms with van der Waals surface area (Å²) in [5, 5.41) is 16.7. The topological polar surface area (TPSA) is 106 Å². The van der Waals surface area contributed by atoms with Gasteiger partial charge < -0.3 is 25.0 Å². The second-order valence-corrected chi connectivity index (χ2v) is 8.44. The molecule has 2 amide bonds. The zero-order chi connectivity index (χ0) is 27.1. The van der Waals surface area contributed by atoms with Crippen molar-refractivity contribution in [3.8, 4) is 22.8 Å². The van der Waals surface area contributed by atoms with Crippen LogP contribution in [0, 0.1) is 0 Å². The first-order valence-electron chi connectivity index (χ1n) is 12.4. The molecule has 0 atom stereocenters. The summed E-state index contributed by atoms with van der Waals surface area (Å²) in [5.41, 5.74) is 2.68. The minimum absolute atomic E-state index is 0.00286. The Labute approximate surface area is 221 Å². The van der Waals surface area contributed by atoms with E-state index >= 15 is 0 Å². The van der Waals surface area contributed by atoms with Gasteiger partial charge in [0.2, 0.25) is 0 Å². The minimum Gasteiger partial charge on any atom is -0.496 e. The van der Waals surface area contributed by atoms with E-state index in [0.717, 1.165) is 22.0 Å². The predicted molar refractivity (Wildman–Crippen MR) is 148 cm³/mol. The fourth-order valence-corrected chi connectivity index (χ4v) is 4.17. The summed E-state index contributed by atoms with van der Waals surface area (Å²) in [5.74, 6) is 1.36. The number of nitrogens with zero attached hydrogens (tertiary/aromatic N) is 3. The van der Waals surface area contributed by atoms with E-state index in [-0.39, 0.29) is 18.4 Å². The number of amides is 2. The number of likely N-dealkylation sites (N-methyl/N-ethyl adjacent to an activating group) is 1. The predicted octanol–water partition coefficient (Wildman–Crippen LogP) is 4.66. The monoisotopic (exact) mass is 513 g/mol. The Balaban J connectivity index is 1.59. The molecule has 0 unspecified atom stereocenters. The first kappa shape index (κ1) is 26.4. The highest BCUT2D eigenvalue weighted by Crippen LogP contribution is 2.32. The van der Waals surface area contributed by atoms with E-state index in [4.69, 9.17) is 9.47 Å². The Morgan fingerprint density at radius 2 is 1.63 bits per heavy atom. The van der Waals surface area contributed by atoms with E-state index in [1.807, 2.05) is 68.4 Å². The number of methoxy groups -OCH3 is 1. The summed E-state index contributed by atoms with van der Waals surface area (Å²) in [4.78, 5) is 26.3. The van der Waals surface area contributed by atoms with E-state index in [1.165, 1.54) is 7.11 Å². The number of ether oxygens (including phenoxy) is 2. The highest BCUT2D eigenvalue weighted by Gasteiger charge is 2.15. The fourth-order valence-electron chi connectivity index (χ4n) is 4.17. The van der Waals surface area contributed by atoms with Gasteiger partial charge in [0, 0.05) is 42.2 Å². The first-order valence-corrected chi connectivity index (χ1v) is 12.4. The van der Waals surface area contributed by atoms with Crippen LogP contribution in [0.3, 0.4) is 0 Å². The second-order valence-electron chi connectivity index (χ2n) is 8.44. The second kappa shape index (κ2) is 12.1. The van der Waals surface area contributed by atoms with Crippen molar-refractivity contribution in [2.24, 2.45) is 0 Å². The molecule has 0 saturated heterocycles. The van der Waals surface area contributed by atoms with Crippen molar-refractivity contribution in [1.29, 1.82) is 0 Å². The van der Waals surface area contributed by atoms with Crippen LogP contribution >= 0.6 is 0 Å². The number of benzene rings is 3. The van der Waals surface area contributed by atoms with Crippen LogP contribution in [0.2, 0.25) is 0 Å². The molecule has 0 saturated carbocycles. The number of aromatic nitrogens is 2. The zero-order valence-electron chi connectivity index (χ0n) is 21.9. The lowest BCUT2D eigenvalue weighted by Crippen LogP contribution is -2.34. The van der Waals surface area contributed by atoms with Gasteiger partial charge in [-0.25, -0.2) is 0 Å². The zero-order valence-corrected chi connectivity index (χ0v) is 21.9. The van der Waals surface area contributed by atoms with E-state index in [9.17, 15) is 9.59 Å². The smallest absolute Gasteiger partial charge is 0.260 e. The highest BCUT2D eigenvalue weighted by atomic mass is 16.5. The summed E-state index contributed by atoms with van der Waals surface area (Å²) < 4.78 is 11.0. The molecule has 0 aliphatic heterocycles. The maximum Gasteiger partial charge on any atom is 0.260 e. The molecule has 196 valence electrons. The van der Waals surface area contributed by atoms with Crippen LogP contribution in [-0.4, -0.2) is 60.8 Å². The SMILES string of the molecule is CCN(CC)C(=O)COc1ccc(-c2nnc(Nc3ccc(OC)c(C(=O)NC)c3)c3ccccc23)cc1. The maximum atomic E-state index is 12.3. The number of anilines is 2. The molecule has 0 aliphatic rings. The van der Waals surface area contributed by atoms with E-state index in [1.54, 1.807) is 24.1 Å². The number of fused-ring (bicyclic) bond motifs is 1. The van der Waals surface area contributed by atoms with Crippen molar-refractivity contribution in [3.05, 3.63) is 72.3 Å². The number of hydrogen-bond acceptors (Lipinski definition) is 7. The van der Waals surface area contributed by atoms with Gasteiger partial charge >= 0.3 is 0 Å². The summed E-state index contributed by atoms with van der Waals surface area (Å²) in [6.07, 6.45) is 0. The third-order valence-electron chi connectivity index (χ3n) is 6.23. The van der Waals surface area contributed by atoms with Gasteiger partial charge in [0.1, 0.15) is 17.2 Å². The van der Waals surface area contributed by atoms with Crippen molar-refractivity contribution in [2.45, 2.75) is 13.8 Å². The summed E-state index contributed by atoms with van der Waals surface area (Å²) >= 11 is 0. The van der Waals surface area contributed by atoms with Crippen LogP contribution in [0.4, 0.5) is 11.5 Å². The Morgan fingerprint density at radius 1 is 0.921 bits per heavy atom. The molecule has 4 aromatic rings. The van der Waals surface area contributed by atoms with Gasteiger partial charge in [0.15, 0.2) is 12.4 Å². The first-order chi connectivity index (χ1) is 18.5. The maximum absolute atomic E-state index is 12.3. The van der Waals surface area contributed by atoms with Crippen LogP contribution in [-0.2, 0) is 4.79 Å². The van der Waals surface area contributed by atoms with Crippen LogP contribution < -0.4 is 20.1 Å². The van der Waals surface area contributed by atoms with Crippen molar-refractivity contribution in [1.82, 2.24) is 20.4 Å². The molecule has 0 fully saturated rings. The molecular weight excluding hydrogens is 482 g/mol. The molecule has 4 rings (SSSR count). The Kier molecular flexibility index (Phi) is 8.37. The average molecular weight is 514 g/mol. The van der Waals surface area contributed by atoms with Crippen molar-refractivity contribution in [3.63, 3.8) is 0 Å². The van der Waals surface area contributed by atoms with Gasteiger partial charge in [0.25, 0.3) is 11.8 Å². The normalized spacial score (nSPS) is 10.6. The Morgan fingerprint density at radius 3 is 2.29 bits per heavy atom. The molecule has 38 heavy (non-hydrogen) atoms. The molecule has 1 heterocycles. The highest BCUT2D eigenvalue weighted by molar-refractivity contribution is 6.01. The molecule has 9 heteroatoms. The number of hydrogen-bond donors (Lipinski definition) is 2. The third kappa shape index (κ3) is 5.67. The number of rotatable bonds is 10. The Bertz CT molecular complexity index is 1440. The minimum atomic E-state index is -0.248. The molecule has 0 spiro atoms. The van der Waals surface area contributed by atoms with Crippen molar-refractivity contribution < 1.29 is 19.1 Å². The molecule has 0 bridgehead atoms. The molecule has 0 aliphatic carbocycles. The Hall–Kier alpha value is -4.66. The van der Waals surface area contributed by atoms with Gasteiger partial charge in [0.05, 0.1) is 12.7 Å². The largest absolute Gasteiger partial charge is 0.496 e. The lowest BCUT2D eigenvalue weighted by atomic mass is 10.0.